The van der Waals surface area contributed by atoms with Gasteiger partial charge in [-0.3, -0.25) is 4.79 Å². The summed E-state index contributed by atoms with van der Waals surface area (Å²) in [7, 11) is -3.56. The number of hydrogen-bond donors (Lipinski definition) is 1. The van der Waals surface area contributed by atoms with Crippen LogP contribution >= 0.6 is 0 Å². The molecule has 1 heterocycles. The van der Waals surface area contributed by atoms with Gasteiger partial charge < -0.3 is 5.32 Å². The highest BCUT2D eigenvalue weighted by molar-refractivity contribution is 7.89. The zero-order chi connectivity index (χ0) is 18.6. The minimum atomic E-state index is -3.56. The van der Waals surface area contributed by atoms with Gasteiger partial charge in [0.15, 0.2) is 0 Å². The van der Waals surface area contributed by atoms with Crippen molar-refractivity contribution in [3.05, 3.63) is 59.7 Å². The lowest BCUT2D eigenvalue weighted by molar-refractivity contribution is 0.102. The van der Waals surface area contributed by atoms with E-state index in [-0.39, 0.29) is 16.4 Å². The Bertz CT molecular complexity index is 941. The second-order valence-electron chi connectivity index (χ2n) is 6.12. The molecule has 0 aromatic heterocycles. The lowest BCUT2D eigenvalue weighted by Crippen LogP contribution is -2.28. The van der Waals surface area contributed by atoms with Crippen molar-refractivity contribution in [2.75, 3.05) is 18.4 Å². The lowest BCUT2D eigenvalue weighted by atomic mass is 10.1. The maximum absolute atomic E-state index is 12.6. The standard InChI is InChI=1S/C19H19N3O3S/c20-11-10-15-6-8-17(9-7-15)21-19(23)16-4-3-5-18(14-16)26(24,25)22-12-1-2-13-22/h3-9,14H,1-2,10,12-13H2,(H,21,23). The topological polar surface area (TPSA) is 90.3 Å². The number of rotatable bonds is 5. The van der Waals surface area contributed by atoms with Crippen LogP contribution < -0.4 is 5.32 Å². The molecule has 1 saturated heterocycles. The molecular weight excluding hydrogens is 350 g/mol. The molecular formula is C19H19N3O3S. The second-order valence-corrected chi connectivity index (χ2v) is 8.06. The van der Waals surface area contributed by atoms with Crippen molar-refractivity contribution in [3.8, 4) is 6.07 Å². The molecule has 134 valence electrons. The van der Waals surface area contributed by atoms with Crippen LogP contribution in [0.4, 0.5) is 5.69 Å². The SMILES string of the molecule is N#CCc1ccc(NC(=O)c2cccc(S(=O)(=O)N3CCCC3)c2)cc1. The van der Waals surface area contributed by atoms with Crippen LogP contribution in [0.3, 0.4) is 0 Å². The molecule has 3 rings (SSSR count). The predicted octanol–water partition coefficient (Wildman–Crippen LogP) is 2.79. The van der Waals surface area contributed by atoms with E-state index in [0.29, 0.717) is 25.2 Å². The van der Waals surface area contributed by atoms with E-state index in [2.05, 4.69) is 11.4 Å². The molecule has 1 fully saturated rings. The van der Waals surface area contributed by atoms with Gasteiger partial charge in [0.05, 0.1) is 17.4 Å². The Morgan fingerprint density at radius 1 is 1.12 bits per heavy atom. The minimum Gasteiger partial charge on any atom is -0.322 e. The molecule has 0 radical (unpaired) electrons. The monoisotopic (exact) mass is 369 g/mol. The number of nitrogens with zero attached hydrogens (tertiary/aromatic N) is 2. The number of anilines is 1. The molecule has 1 N–H and O–H groups in total. The normalized spacial score (nSPS) is 14.7. The molecule has 1 aliphatic heterocycles. The number of carbonyl (C=O) groups is 1. The summed E-state index contributed by atoms with van der Waals surface area (Å²) in [4.78, 5) is 12.6. The molecule has 0 atom stereocenters. The van der Waals surface area contributed by atoms with Gasteiger partial charge in [0, 0.05) is 24.3 Å². The molecule has 26 heavy (non-hydrogen) atoms. The first-order valence-corrected chi connectivity index (χ1v) is 9.82. The van der Waals surface area contributed by atoms with Crippen molar-refractivity contribution >= 4 is 21.6 Å². The molecule has 1 aliphatic rings. The fraction of sp³-hybridized carbons (Fsp3) is 0.263. The Labute approximate surface area is 153 Å². The number of benzene rings is 2. The first-order valence-electron chi connectivity index (χ1n) is 8.38. The average molecular weight is 369 g/mol. The maximum Gasteiger partial charge on any atom is 0.255 e. The maximum atomic E-state index is 12.6. The molecule has 0 saturated carbocycles. The molecule has 0 spiro atoms. The Kier molecular flexibility index (Phi) is 5.35. The van der Waals surface area contributed by atoms with Gasteiger partial charge in [-0.25, -0.2) is 8.42 Å². The van der Waals surface area contributed by atoms with E-state index < -0.39 is 10.0 Å². The highest BCUT2D eigenvalue weighted by atomic mass is 32.2. The molecule has 2 aromatic rings. The number of sulfonamides is 1. The van der Waals surface area contributed by atoms with Crippen LogP contribution in [0.2, 0.25) is 0 Å². The van der Waals surface area contributed by atoms with E-state index in [0.717, 1.165) is 18.4 Å². The van der Waals surface area contributed by atoms with Crippen molar-refractivity contribution in [1.82, 2.24) is 4.31 Å². The molecule has 0 aliphatic carbocycles. The molecule has 1 amide bonds. The molecule has 7 heteroatoms. The fourth-order valence-electron chi connectivity index (χ4n) is 2.88. The van der Waals surface area contributed by atoms with Crippen LogP contribution in [0.15, 0.2) is 53.4 Å². The molecule has 0 unspecified atom stereocenters. The van der Waals surface area contributed by atoms with Gasteiger partial charge in [-0.2, -0.15) is 9.57 Å². The summed E-state index contributed by atoms with van der Waals surface area (Å²) < 4.78 is 26.7. The van der Waals surface area contributed by atoms with Crippen LogP contribution in [0.1, 0.15) is 28.8 Å². The smallest absolute Gasteiger partial charge is 0.255 e. The Morgan fingerprint density at radius 2 is 1.81 bits per heavy atom. The summed E-state index contributed by atoms with van der Waals surface area (Å²) in [5, 5.41) is 11.4. The third-order valence-corrected chi connectivity index (χ3v) is 6.19. The van der Waals surface area contributed by atoms with Gasteiger partial charge in [-0.15, -0.1) is 0 Å². The van der Waals surface area contributed by atoms with E-state index in [4.69, 9.17) is 5.26 Å². The zero-order valence-corrected chi connectivity index (χ0v) is 15.0. The van der Waals surface area contributed by atoms with Crippen molar-refractivity contribution in [1.29, 1.82) is 5.26 Å². The van der Waals surface area contributed by atoms with Crippen LogP contribution in [0, 0.1) is 11.3 Å². The summed E-state index contributed by atoms with van der Waals surface area (Å²) in [5.41, 5.74) is 1.74. The molecule has 0 bridgehead atoms. The van der Waals surface area contributed by atoms with Crippen molar-refractivity contribution < 1.29 is 13.2 Å². The first-order chi connectivity index (χ1) is 12.5. The zero-order valence-electron chi connectivity index (χ0n) is 14.2. The third kappa shape index (κ3) is 3.93. The summed E-state index contributed by atoms with van der Waals surface area (Å²) in [6.07, 6.45) is 2.03. The van der Waals surface area contributed by atoms with Crippen LogP contribution in [-0.2, 0) is 16.4 Å². The van der Waals surface area contributed by atoms with Gasteiger partial charge in [-0.1, -0.05) is 18.2 Å². The predicted molar refractivity (Wildman–Crippen MR) is 98.1 cm³/mol. The number of amides is 1. The minimum absolute atomic E-state index is 0.136. The van der Waals surface area contributed by atoms with Gasteiger partial charge in [0.2, 0.25) is 10.0 Å². The van der Waals surface area contributed by atoms with E-state index in [1.54, 1.807) is 36.4 Å². The van der Waals surface area contributed by atoms with Crippen molar-refractivity contribution in [2.45, 2.75) is 24.2 Å². The Morgan fingerprint density at radius 3 is 2.46 bits per heavy atom. The first kappa shape index (κ1) is 18.1. The van der Waals surface area contributed by atoms with Crippen molar-refractivity contribution in [3.63, 3.8) is 0 Å². The molecule has 2 aromatic carbocycles. The summed E-state index contributed by atoms with van der Waals surface area (Å²) in [5.74, 6) is -0.378. The van der Waals surface area contributed by atoms with Gasteiger partial charge in [0.1, 0.15) is 0 Å². The summed E-state index contributed by atoms with van der Waals surface area (Å²) in [6, 6.07) is 15.1. The highest BCUT2D eigenvalue weighted by Gasteiger charge is 2.27. The van der Waals surface area contributed by atoms with Crippen molar-refractivity contribution in [2.24, 2.45) is 0 Å². The number of carbonyl (C=O) groups excluding carboxylic acids is 1. The van der Waals surface area contributed by atoms with Gasteiger partial charge >= 0.3 is 0 Å². The summed E-state index contributed by atoms with van der Waals surface area (Å²) in [6.45, 7) is 1.04. The fourth-order valence-corrected chi connectivity index (χ4v) is 4.44. The lowest BCUT2D eigenvalue weighted by Gasteiger charge is -2.16. The number of nitrogens with one attached hydrogen (secondary N) is 1. The van der Waals surface area contributed by atoms with Crippen LogP contribution in [-0.4, -0.2) is 31.7 Å². The van der Waals surface area contributed by atoms with E-state index in [9.17, 15) is 13.2 Å². The van der Waals surface area contributed by atoms with Crippen LogP contribution in [0.5, 0.6) is 0 Å². The highest BCUT2D eigenvalue weighted by Crippen LogP contribution is 2.22. The number of nitriles is 1. The van der Waals surface area contributed by atoms with E-state index in [1.807, 2.05) is 0 Å². The largest absolute Gasteiger partial charge is 0.322 e. The van der Waals surface area contributed by atoms with Gasteiger partial charge in [-0.05, 0) is 48.7 Å². The third-order valence-electron chi connectivity index (χ3n) is 4.29. The number of hydrogen-bond acceptors (Lipinski definition) is 4. The van der Waals surface area contributed by atoms with Gasteiger partial charge in [0.25, 0.3) is 5.91 Å². The average Bonchev–Trinajstić information content (AvgIpc) is 3.19. The van der Waals surface area contributed by atoms with E-state index in [1.165, 1.54) is 16.4 Å². The van der Waals surface area contributed by atoms with E-state index >= 15 is 0 Å². The summed E-state index contributed by atoms with van der Waals surface area (Å²) >= 11 is 0. The quantitative estimate of drug-likeness (QED) is 0.877. The Balaban J connectivity index is 1.77. The van der Waals surface area contributed by atoms with Crippen LogP contribution in [0.25, 0.3) is 0 Å². The Hall–Kier alpha value is -2.69. The molecule has 6 nitrogen and oxygen atoms in total. The second kappa shape index (κ2) is 7.68.